The zero-order valence-corrected chi connectivity index (χ0v) is 22.5. The Balaban J connectivity index is 1.41. The highest BCUT2D eigenvalue weighted by Gasteiger charge is 2.40. The number of thiazole rings is 1. The Morgan fingerprint density at radius 2 is 1.76 bits per heavy atom. The number of hydrogen-bond acceptors (Lipinski definition) is 9. The number of aliphatic carboxylic acids is 1. The lowest BCUT2D eigenvalue weighted by atomic mass is 9.76. The maximum Gasteiger partial charge on any atom is 0.321 e. The molecule has 2 aliphatic heterocycles. The number of fused-ring (bicyclic) bond motifs is 1. The summed E-state index contributed by atoms with van der Waals surface area (Å²) in [4.78, 5) is 42.2. The van der Waals surface area contributed by atoms with Gasteiger partial charge in [-0.25, -0.2) is 19.7 Å². The first kappa shape index (κ1) is 26.1. The van der Waals surface area contributed by atoms with Gasteiger partial charge in [-0.05, 0) is 43.9 Å². The third kappa shape index (κ3) is 5.23. The Morgan fingerprint density at radius 1 is 1.05 bits per heavy atom. The SMILES string of the molecule is CCNC(=O)Nc1nc2cc(-c3cnc(N4CCC(CC)(C(=O)O)CC4)nc3)cc(N3CCOCC3)c2s1. The molecule has 2 aromatic heterocycles. The molecule has 1 aromatic carbocycles. The van der Waals surface area contributed by atoms with Gasteiger partial charge < -0.3 is 25.0 Å². The van der Waals surface area contributed by atoms with Crippen molar-refractivity contribution in [2.24, 2.45) is 5.41 Å². The number of carboxylic acid groups (broad SMARTS) is 1. The number of benzene rings is 1. The third-order valence-corrected chi connectivity index (χ3v) is 8.49. The van der Waals surface area contributed by atoms with Gasteiger partial charge in [0, 0.05) is 50.7 Å². The molecule has 2 saturated heterocycles. The number of piperidine rings is 1. The van der Waals surface area contributed by atoms with E-state index < -0.39 is 11.4 Å². The highest BCUT2D eigenvalue weighted by atomic mass is 32.1. The summed E-state index contributed by atoms with van der Waals surface area (Å²) in [7, 11) is 0. The molecule has 0 bridgehead atoms. The Hall–Kier alpha value is -3.51. The maximum atomic E-state index is 12.1. The van der Waals surface area contributed by atoms with Crippen molar-refractivity contribution in [1.82, 2.24) is 20.3 Å². The van der Waals surface area contributed by atoms with Crippen LogP contribution in [0.25, 0.3) is 21.3 Å². The second kappa shape index (κ2) is 11.1. The zero-order chi connectivity index (χ0) is 26.7. The molecule has 11 nitrogen and oxygen atoms in total. The van der Waals surface area contributed by atoms with Crippen LogP contribution in [0.5, 0.6) is 0 Å². The number of ether oxygens (including phenoxy) is 1. The van der Waals surface area contributed by atoms with Crippen LogP contribution in [0.4, 0.5) is 21.6 Å². The average Bonchev–Trinajstić information content (AvgIpc) is 3.35. The lowest BCUT2D eigenvalue weighted by molar-refractivity contribution is -0.150. The van der Waals surface area contributed by atoms with Crippen molar-refractivity contribution in [3.63, 3.8) is 0 Å². The van der Waals surface area contributed by atoms with Gasteiger partial charge in [0.1, 0.15) is 0 Å². The van der Waals surface area contributed by atoms with Gasteiger partial charge in [0.05, 0.1) is 34.5 Å². The van der Waals surface area contributed by atoms with E-state index in [4.69, 9.17) is 9.72 Å². The van der Waals surface area contributed by atoms with Crippen molar-refractivity contribution >= 4 is 50.3 Å². The molecule has 0 atom stereocenters. The number of carboxylic acids is 1. The molecular formula is C26H33N7O4S. The van der Waals surface area contributed by atoms with Crippen LogP contribution in [0, 0.1) is 5.41 Å². The molecule has 2 fully saturated rings. The molecule has 0 saturated carbocycles. The first-order valence-corrected chi connectivity index (χ1v) is 13.9. The van der Waals surface area contributed by atoms with Crippen molar-refractivity contribution in [1.29, 1.82) is 0 Å². The van der Waals surface area contributed by atoms with Crippen LogP contribution < -0.4 is 20.4 Å². The van der Waals surface area contributed by atoms with Crippen LogP contribution in [0.15, 0.2) is 24.5 Å². The van der Waals surface area contributed by atoms with Gasteiger partial charge in [0.2, 0.25) is 5.95 Å². The van der Waals surface area contributed by atoms with Crippen molar-refractivity contribution < 1.29 is 19.4 Å². The Kier molecular flexibility index (Phi) is 7.61. The molecule has 0 aliphatic carbocycles. The summed E-state index contributed by atoms with van der Waals surface area (Å²) >= 11 is 1.46. The van der Waals surface area contributed by atoms with Crippen molar-refractivity contribution in [2.45, 2.75) is 33.1 Å². The molecule has 4 heterocycles. The molecule has 202 valence electrons. The lowest BCUT2D eigenvalue weighted by Gasteiger charge is -2.38. The Labute approximate surface area is 225 Å². The largest absolute Gasteiger partial charge is 0.481 e. The number of aromatic nitrogens is 3. The molecular weight excluding hydrogens is 506 g/mol. The summed E-state index contributed by atoms with van der Waals surface area (Å²) < 4.78 is 6.57. The van der Waals surface area contributed by atoms with Crippen LogP contribution in [-0.4, -0.2) is 78.0 Å². The standard InChI is InChI=1S/C26H33N7O4S/c1-3-26(22(34)35)5-7-33(8-6-26)23-28-15-18(16-29-23)17-13-19-21(20(14-17)32-9-11-37-12-10-32)38-25(30-19)31-24(36)27-4-2/h13-16H,3-12H2,1-2H3,(H,34,35)(H2,27,30,31,36). The van der Waals surface area contributed by atoms with Crippen LogP contribution in [0.3, 0.4) is 0 Å². The van der Waals surface area contributed by atoms with Crippen LogP contribution in [0.1, 0.15) is 33.1 Å². The molecule has 5 rings (SSSR count). The normalized spacial score (nSPS) is 17.4. The average molecular weight is 540 g/mol. The van der Waals surface area contributed by atoms with E-state index in [9.17, 15) is 14.7 Å². The summed E-state index contributed by atoms with van der Waals surface area (Å²) in [5.74, 6) is -0.103. The number of carbonyl (C=O) groups excluding carboxylic acids is 1. The van der Waals surface area contributed by atoms with Gasteiger partial charge in [0.15, 0.2) is 5.13 Å². The van der Waals surface area contributed by atoms with E-state index in [1.54, 1.807) is 0 Å². The molecule has 12 heteroatoms. The molecule has 0 spiro atoms. The van der Waals surface area contributed by atoms with Crippen molar-refractivity contribution in [3.8, 4) is 11.1 Å². The Bertz CT molecular complexity index is 1300. The summed E-state index contributed by atoms with van der Waals surface area (Å²) in [6.07, 6.45) is 5.42. The maximum absolute atomic E-state index is 12.1. The van der Waals surface area contributed by atoms with Gasteiger partial charge in [-0.1, -0.05) is 18.3 Å². The summed E-state index contributed by atoms with van der Waals surface area (Å²) in [6, 6.07) is 3.85. The van der Waals surface area contributed by atoms with Crippen LogP contribution >= 0.6 is 11.3 Å². The molecule has 2 amide bonds. The second-order valence-corrected chi connectivity index (χ2v) is 10.6. The quantitative estimate of drug-likeness (QED) is 0.410. The number of amides is 2. The van der Waals surface area contributed by atoms with E-state index in [0.29, 0.717) is 63.2 Å². The molecule has 3 N–H and O–H groups in total. The molecule has 38 heavy (non-hydrogen) atoms. The predicted molar refractivity (Wildman–Crippen MR) is 148 cm³/mol. The highest BCUT2D eigenvalue weighted by Crippen LogP contribution is 2.39. The minimum Gasteiger partial charge on any atom is -0.481 e. The minimum absolute atomic E-state index is 0.277. The van der Waals surface area contributed by atoms with E-state index in [1.807, 2.05) is 32.3 Å². The van der Waals surface area contributed by atoms with Crippen LogP contribution in [-0.2, 0) is 9.53 Å². The van der Waals surface area contributed by atoms with Crippen molar-refractivity contribution in [3.05, 3.63) is 24.5 Å². The highest BCUT2D eigenvalue weighted by molar-refractivity contribution is 7.23. The first-order chi connectivity index (χ1) is 18.4. The van der Waals surface area contributed by atoms with Gasteiger partial charge in [-0.3, -0.25) is 10.1 Å². The smallest absolute Gasteiger partial charge is 0.321 e. The fraction of sp³-hybridized carbons (Fsp3) is 0.500. The number of anilines is 3. The number of hydrogen-bond donors (Lipinski definition) is 3. The summed E-state index contributed by atoms with van der Waals surface area (Å²) in [5.41, 5.74) is 2.99. The first-order valence-electron chi connectivity index (χ1n) is 13.1. The fourth-order valence-corrected chi connectivity index (χ4v) is 6.05. The van der Waals surface area contributed by atoms with E-state index in [-0.39, 0.29) is 6.03 Å². The van der Waals surface area contributed by atoms with Gasteiger partial charge in [0.25, 0.3) is 0 Å². The Morgan fingerprint density at radius 3 is 2.39 bits per heavy atom. The van der Waals surface area contributed by atoms with Gasteiger partial charge >= 0.3 is 12.0 Å². The molecule has 3 aromatic rings. The van der Waals surface area contributed by atoms with E-state index in [0.717, 1.165) is 40.1 Å². The van der Waals surface area contributed by atoms with Gasteiger partial charge in [-0.2, -0.15) is 0 Å². The van der Waals surface area contributed by atoms with E-state index in [2.05, 4.69) is 36.5 Å². The third-order valence-electron chi connectivity index (χ3n) is 7.49. The fourth-order valence-electron chi connectivity index (χ4n) is 5.06. The molecule has 0 unspecified atom stereocenters. The number of nitrogens with zero attached hydrogens (tertiary/aromatic N) is 5. The number of nitrogens with one attached hydrogen (secondary N) is 2. The minimum atomic E-state index is -0.714. The van der Waals surface area contributed by atoms with E-state index >= 15 is 0 Å². The predicted octanol–water partition coefficient (Wildman–Crippen LogP) is 3.81. The lowest BCUT2D eigenvalue weighted by Crippen LogP contribution is -2.44. The topological polar surface area (TPSA) is 133 Å². The summed E-state index contributed by atoms with van der Waals surface area (Å²) in [6.45, 7) is 8.44. The number of morpholine rings is 1. The monoisotopic (exact) mass is 539 g/mol. The second-order valence-electron chi connectivity index (χ2n) is 9.64. The number of carbonyl (C=O) groups is 2. The van der Waals surface area contributed by atoms with Gasteiger partial charge in [-0.15, -0.1) is 0 Å². The number of urea groups is 1. The van der Waals surface area contributed by atoms with Crippen LogP contribution in [0.2, 0.25) is 0 Å². The summed E-state index contributed by atoms with van der Waals surface area (Å²) in [5, 5.41) is 15.8. The number of rotatable bonds is 7. The molecule has 2 aliphatic rings. The van der Waals surface area contributed by atoms with Crippen molar-refractivity contribution in [2.75, 3.05) is 61.1 Å². The van der Waals surface area contributed by atoms with E-state index in [1.165, 1.54) is 11.3 Å². The zero-order valence-electron chi connectivity index (χ0n) is 21.7. The molecule has 0 radical (unpaired) electrons.